The first-order chi connectivity index (χ1) is 11.5. The number of carbonyl (C=O) groups is 1. The molecule has 7 nitrogen and oxygen atoms in total. The third-order valence-corrected chi connectivity index (χ3v) is 3.12. The highest BCUT2D eigenvalue weighted by Gasteiger charge is 2.17. The zero-order valence-corrected chi connectivity index (χ0v) is 12.8. The van der Waals surface area contributed by atoms with Crippen LogP contribution in [-0.2, 0) is 11.3 Å². The van der Waals surface area contributed by atoms with Gasteiger partial charge in [-0.25, -0.2) is 4.39 Å². The van der Waals surface area contributed by atoms with Gasteiger partial charge in [-0.15, -0.1) is 0 Å². The van der Waals surface area contributed by atoms with E-state index in [-0.39, 0.29) is 30.4 Å². The third-order valence-electron chi connectivity index (χ3n) is 3.12. The average molecular weight is 334 g/mol. The fourth-order valence-corrected chi connectivity index (χ4v) is 1.89. The van der Waals surface area contributed by atoms with Gasteiger partial charge in [-0.05, 0) is 29.8 Å². The maximum absolute atomic E-state index is 12.8. The minimum Gasteiger partial charge on any atom is -0.496 e. The van der Waals surface area contributed by atoms with Crippen LogP contribution in [0.2, 0.25) is 0 Å². The SMILES string of the molecule is COc1ccc(OCC(=O)NCc2ccc(F)cc2)c([N+](=O)[O-])c1. The molecule has 0 aliphatic rings. The average Bonchev–Trinajstić information content (AvgIpc) is 2.59. The molecule has 0 unspecified atom stereocenters. The van der Waals surface area contributed by atoms with Gasteiger partial charge in [0.1, 0.15) is 11.6 Å². The van der Waals surface area contributed by atoms with Gasteiger partial charge in [-0.1, -0.05) is 12.1 Å². The molecule has 0 aromatic heterocycles. The van der Waals surface area contributed by atoms with Gasteiger partial charge >= 0.3 is 5.69 Å². The molecule has 0 bridgehead atoms. The summed E-state index contributed by atoms with van der Waals surface area (Å²) in [6, 6.07) is 9.75. The molecular formula is C16H15FN2O5. The van der Waals surface area contributed by atoms with Crippen molar-refractivity contribution in [2.24, 2.45) is 0 Å². The third kappa shape index (κ3) is 4.67. The molecule has 0 spiro atoms. The lowest BCUT2D eigenvalue weighted by Crippen LogP contribution is -2.28. The zero-order valence-electron chi connectivity index (χ0n) is 12.8. The lowest BCUT2D eigenvalue weighted by molar-refractivity contribution is -0.385. The highest BCUT2D eigenvalue weighted by Crippen LogP contribution is 2.30. The zero-order chi connectivity index (χ0) is 17.5. The van der Waals surface area contributed by atoms with Crippen LogP contribution in [0.3, 0.4) is 0 Å². The number of rotatable bonds is 7. The monoisotopic (exact) mass is 334 g/mol. The van der Waals surface area contributed by atoms with Crippen LogP contribution in [0.4, 0.5) is 10.1 Å². The Morgan fingerprint density at radius 1 is 1.25 bits per heavy atom. The predicted octanol–water partition coefficient (Wildman–Crippen LogP) is 2.44. The van der Waals surface area contributed by atoms with Crippen molar-refractivity contribution in [1.29, 1.82) is 0 Å². The van der Waals surface area contributed by atoms with Gasteiger partial charge < -0.3 is 14.8 Å². The van der Waals surface area contributed by atoms with Gasteiger partial charge in [0.05, 0.1) is 18.1 Å². The number of carbonyl (C=O) groups excluding carboxylic acids is 1. The van der Waals surface area contributed by atoms with Gasteiger partial charge in [0, 0.05) is 6.54 Å². The first-order valence-corrected chi connectivity index (χ1v) is 6.96. The second-order valence-corrected chi connectivity index (χ2v) is 4.78. The normalized spacial score (nSPS) is 10.1. The molecule has 1 N–H and O–H groups in total. The van der Waals surface area contributed by atoms with Crippen molar-refractivity contribution in [2.75, 3.05) is 13.7 Å². The Balaban J connectivity index is 1.91. The van der Waals surface area contributed by atoms with E-state index in [0.717, 1.165) is 5.56 Å². The fraction of sp³-hybridized carbons (Fsp3) is 0.188. The molecule has 2 rings (SSSR count). The summed E-state index contributed by atoms with van der Waals surface area (Å²) in [6.45, 7) is -0.179. The second-order valence-electron chi connectivity index (χ2n) is 4.78. The van der Waals surface area contributed by atoms with Crippen LogP contribution in [0, 0.1) is 15.9 Å². The molecular weight excluding hydrogens is 319 g/mol. The molecule has 8 heteroatoms. The van der Waals surface area contributed by atoms with E-state index in [1.165, 1.54) is 37.4 Å². The number of ether oxygens (including phenoxy) is 2. The standard InChI is InChI=1S/C16H15FN2O5/c1-23-13-6-7-15(14(8-13)19(21)22)24-10-16(20)18-9-11-2-4-12(17)5-3-11/h2-8H,9-10H2,1H3,(H,18,20). The summed E-state index contributed by atoms with van der Waals surface area (Å²) in [5, 5.41) is 13.6. The number of benzene rings is 2. The number of methoxy groups -OCH3 is 1. The van der Waals surface area contributed by atoms with Gasteiger partial charge in [0.2, 0.25) is 0 Å². The Morgan fingerprint density at radius 2 is 1.96 bits per heavy atom. The first-order valence-electron chi connectivity index (χ1n) is 6.96. The largest absolute Gasteiger partial charge is 0.496 e. The molecule has 1 amide bonds. The lowest BCUT2D eigenvalue weighted by atomic mass is 10.2. The molecule has 24 heavy (non-hydrogen) atoms. The summed E-state index contributed by atoms with van der Waals surface area (Å²) in [6.07, 6.45) is 0. The number of nitro groups is 1. The smallest absolute Gasteiger partial charge is 0.314 e. The van der Waals surface area contributed by atoms with Crippen molar-refractivity contribution in [3.05, 3.63) is 64.0 Å². The van der Waals surface area contributed by atoms with Crippen LogP contribution in [0.1, 0.15) is 5.56 Å². The van der Waals surface area contributed by atoms with E-state index in [1.54, 1.807) is 12.1 Å². The van der Waals surface area contributed by atoms with E-state index in [2.05, 4.69) is 5.32 Å². The number of amides is 1. The Bertz CT molecular complexity index is 734. The molecule has 0 atom stereocenters. The Kier molecular flexibility index (Phi) is 5.67. The fourth-order valence-electron chi connectivity index (χ4n) is 1.89. The van der Waals surface area contributed by atoms with Gasteiger partial charge in [-0.2, -0.15) is 0 Å². The Labute approximate surface area is 137 Å². The molecule has 0 saturated heterocycles. The van der Waals surface area contributed by atoms with Crippen LogP contribution >= 0.6 is 0 Å². The number of hydrogen-bond acceptors (Lipinski definition) is 5. The van der Waals surface area contributed by atoms with Crippen molar-refractivity contribution in [3.63, 3.8) is 0 Å². The Hall–Kier alpha value is -3.16. The number of nitro benzene ring substituents is 1. The summed E-state index contributed by atoms with van der Waals surface area (Å²) < 4.78 is 22.9. The van der Waals surface area contributed by atoms with E-state index in [9.17, 15) is 19.3 Å². The van der Waals surface area contributed by atoms with E-state index in [4.69, 9.17) is 9.47 Å². The molecule has 2 aromatic carbocycles. The number of nitrogens with zero attached hydrogens (tertiary/aromatic N) is 1. The van der Waals surface area contributed by atoms with E-state index < -0.39 is 10.8 Å². The van der Waals surface area contributed by atoms with Crippen molar-refractivity contribution in [3.8, 4) is 11.5 Å². The van der Waals surface area contributed by atoms with Crippen LogP contribution in [0.15, 0.2) is 42.5 Å². The molecule has 0 heterocycles. The molecule has 0 radical (unpaired) electrons. The summed E-state index contributed by atoms with van der Waals surface area (Å²) >= 11 is 0. The van der Waals surface area contributed by atoms with Crippen LogP contribution < -0.4 is 14.8 Å². The maximum Gasteiger partial charge on any atom is 0.314 e. The van der Waals surface area contributed by atoms with Crippen LogP contribution in [0.25, 0.3) is 0 Å². The molecule has 126 valence electrons. The summed E-state index contributed by atoms with van der Waals surface area (Å²) in [7, 11) is 1.39. The quantitative estimate of drug-likeness (QED) is 0.620. The molecule has 0 aliphatic heterocycles. The highest BCUT2D eigenvalue weighted by molar-refractivity contribution is 5.77. The van der Waals surface area contributed by atoms with Crippen LogP contribution in [0.5, 0.6) is 11.5 Å². The van der Waals surface area contributed by atoms with Crippen molar-refractivity contribution < 1.29 is 23.6 Å². The number of nitrogens with one attached hydrogen (secondary N) is 1. The maximum atomic E-state index is 12.8. The molecule has 0 saturated carbocycles. The van der Waals surface area contributed by atoms with Crippen molar-refractivity contribution in [2.45, 2.75) is 6.54 Å². The minimum atomic E-state index is -0.617. The summed E-state index contributed by atoms with van der Waals surface area (Å²) in [4.78, 5) is 22.2. The molecule has 2 aromatic rings. The summed E-state index contributed by atoms with van der Waals surface area (Å²) in [5.74, 6) is -0.530. The topological polar surface area (TPSA) is 90.7 Å². The highest BCUT2D eigenvalue weighted by atomic mass is 19.1. The Morgan fingerprint density at radius 3 is 2.58 bits per heavy atom. The van der Waals surface area contributed by atoms with Crippen LogP contribution in [-0.4, -0.2) is 24.5 Å². The van der Waals surface area contributed by atoms with Crippen molar-refractivity contribution >= 4 is 11.6 Å². The summed E-state index contributed by atoms with van der Waals surface area (Å²) in [5.41, 5.74) is 0.431. The number of hydrogen-bond donors (Lipinski definition) is 1. The lowest BCUT2D eigenvalue weighted by Gasteiger charge is -2.09. The number of halogens is 1. The predicted molar refractivity (Wildman–Crippen MR) is 83.4 cm³/mol. The molecule has 0 aliphatic carbocycles. The van der Waals surface area contributed by atoms with Crippen molar-refractivity contribution in [1.82, 2.24) is 5.32 Å². The van der Waals surface area contributed by atoms with E-state index in [1.807, 2.05) is 0 Å². The first kappa shape index (κ1) is 17.2. The van der Waals surface area contributed by atoms with E-state index >= 15 is 0 Å². The second kappa shape index (κ2) is 7.91. The van der Waals surface area contributed by atoms with Gasteiger partial charge in [0.15, 0.2) is 12.4 Å². The van der Waals surface area contributed by atoms with Gasteiger partial charge in [-0.3, -0.25) is 14.9 Å². The molecule has 0 fully saturated rings. The van der Waals surface area contributed by atoms with Gasteiger partial charge in [0.25, 0.3) is 5.91 Å². The minimum absolute atomic E-state index is 0.0299. The van der Waals surface area contributed by atoms with E-state index in [0.29, 0.717) is 5.75 Å².